The number of likely N-dealkylation sites (tertiary alicyclic amines) is 1. The van der Waals surface area contributed by atoms with Crippen molar-refractivity contribution in [1.82, 2.24) is 10.2 Å². The number of piperidine rings is 1. The number of hydrogen-bond acceptors (Lipinski definition) is 3. The first-order valence-corrected chi connectivity index (χ1v) is 8.01. The lowest BCUT2D eigenvalue weighted by atomic mass is 9.88. The predicted molar refractivity (Wildman–Crippen MR) is 78.8 cm³/mol. The third-order valence-electron chi connectivity index (χ3n) is 4.89. The molecule has 1 aliphatic heterocycles. The zero-order valence-electron chi connectivity index (χ0n) is 12.8. The summed E-state index contributed by atoms with van der Waals surface area (Å²) < 4.78 is 0. The average molecular weight is 263 g/mol. The van der Waals surface area contributed by atoms with Crippen molar-refractivity contribution in [2.24, 2.45) is 11.8 Å². The lowest BCUT2D eigenvalue weighted by Crippen LogP contribution is -2.57. The molecule has 19 heavy (non-hydrogen) atoms. The van der Waals surface area contributed by atoms with Gasteiger partial charge >= 0.3 is 0 Å². The Labute approximate surface area is 118 Å². The van der Waals surface area contributed by atoms with Gasteiger partial charge in [0, 0.05) is 12.6 Å². The van der Waals surface area contributed by atoms with E-state index in [1.165, 1.54) is 25.7 Å². The highest BCUT2D eigenvalue weighted by Gasteiger charge is 2.47. The average Bonchev–Trinajstić information content (AvgIpc) is 3.22. The first kappa shape index (κ1) is 14.8. The van der Waals surface area contributed by atoms with Gasteiger partial charge in [-0.05, 0) is 64.0 Å². The summed E-state index contributed by atoms with van der Waals surface area (Å²) in [5.41, 5.74) is -0.287. The molecule has 0 radical (unpaired) electrons. The van der Waals surface area contributed by atoms with Crippen LogP contribution in [0.4, 0.5) is 0 Å². The van der Waals surface area contributed by atoms with Gasteiger partial charge in [0.05, 0.1) is 6.07 Å². The predicted octanol–water partition coefficient (Wildman–Crippen LogP) is 2.78. The van der Waals surface area contributed by atoms with Gasteiger partial charge in [0.1, 0.15) is 5.54 Å². The fourth-order valence-corrected chi connectivity index (χ4v) is 3.43. The molecule has 1 aliphatic carbocycles. The summed E-state index contributed by atoms with van der Waals surface area (Å²) in [6.07, 6.45) is 6.11. The minimum absolute atomic E-state index is 0.287. The lowest BCUT2D eigenvalue weighted by Gasteiger charge is -2.41. The normalized spacial score (nSPS) is 31.7. The molecule has 0 aromatic carbocycles. The number of nitrogens with zero attached hydrogens (tertiary/aromatic N) is 2. The summed E-state index contributed by atoms with van der Waals surface area (Å²) >= 11 is 0. The molecule has 3 nitrogen and oxygen atoms in total. The topological polar surface area (TPSA) is 39.1 Å². The van der Waals surface area contributed by atoms with Crippen LogP contribution in [0.25, 0.3) is 0 Å². The highest BCUT2D eigenvalue weighted by molar-refractivity contribution is 5.17. The maximum absolute atomic E-state index is 9.74. The van der Waals surface area contributed by atoms with Crippen molar-refractivity contribution in [2.75, 3.05) is 19.6 Å². The molecule has 3 heteroatoms. The van der Waals surface area contributed by atoms with Crippen molar-refractivity contribution in [3.63, 3.8) is 0 Å². The van der Waals surface area contributed by atoms with Crippen LogP contribution in [0, 0.1) is 23.2 Å². The van der Waals surface area contributed by atoms with E-state index in [2.05, 4.69) is 37.1 Å². The van der Waals surface area contributed by atoms with Crippen molar-refractivity contribution in [3.05, 3.63) is 0 Å². The lowest BCUT2D eigenvalue weighted by molar-refractivity contribution is 0.0968. The van der Waals surface area contributed by atoms with Crippen LogP contribution >= 0.6 is 0 Å². The smallest absolute Gasteiger partial charge is 0.122 e. The van der Waals surface area contributed by atoms with Crippen molar-refractivity contribution in [3.8, 4) is 6.07 Å². The molecule has 108 valence electrons. The summed E-state index contributed by atoms with van der Waals surface area (Å²) in [5.74, 6) is 1.42. The summed E-state index contributed by atoms with van der Waals surface area (Å²) in [7, 11) is 0. The Morgan fingerprint density at radius 3 is 2.58 bits per heavy atom. The van der Waals surface area contributed by atoms with Gasteiger partial charge < -0.3 is 0 Å². The van der Waals surface area contributed by atoms with Crippen LogP contribution in [0.2, 0.25) is 0 Å². The van der Waals surface area contributed by atoms with Gasteiger partial charge in [0.15, 0.2) is 0 Å². The summed E-state index contributed by atoms with van der Waals surface area (Å²) in [6.45, 7) is 9.89. The molecule has 3 atom stereocenters. The second-order valence-corrected chi connectivity index (χ2v) is 6.73. The Hall–Kier alpha value is -0.590. The fourth-order valence-electron chi connectivity index (χ4n) is 3.43. The molecule has 3 unspecified atom stereocenters. The van der Waals surface area contributed by atoms with E-state index in [1.54, 1.807) is 0 Å². The van der Waals surface area contributed by atoms with E-state index >= 15 is 0 Å². The molecule has 0 bridgehead atoms. The SMILES string of the molecule is CCCNC(C#N)(CN1CCC(C)CC1C)C1CC1. The number of hydrogen-bond donors (Lipinski definition) is 1. The van der Waals surface area contributed by atoms with E-state index in [1.807, 2.05) is 0 Å². The van der Waals surface area contributed by atoms with E-state index < -0.39 is 0 Å². The second-order valence-electron chi connectivity index (χ2n) is 6.73. The Morgan fingerprint density at radius 2 is 2.05 bits per heavy atom. The Balaban J connectivity index is 2.01. The maximum atomic E-state index is 9.74. The monoisotopic (exact) mass is 263 g/mol. The Morgan fingerprint density at radius 1 is 1.32 bits per heavy atom. The molecular weight excluding hydrogens is 234 g/mol. The van der Waals surface area contributed by atoms with Crippen molar-refractivity contribution in [1.29, 1.82) is 5.26 Å². The van der Waals surface area contributed by atoms with Gasteiger partial charge in [-0.25, -0.2) is 0 Å². The maximum Gasteiger partial charge on any atom is 0.122 e. The highest BCUT2D eigenvalue weighted by Crippen LogP contribution is 2.40. The summed E-state index contributed by atoms with van der Waals surface area (Å²) in [6, 6.07) is 3.26. The van der Waals surface area contributed by atoms with Crippen LogP contribution in [0.5, 0.6) is 0 Å². The molecule has 0 aromatic rings. The van der Waals surface area contributed by atoms with Gasteiger partial charge in [-0.2, -0.15) is 5.26 Å². The molecule has 1 saturated carbocycles. The van der Waals surface area contributed by atoms with Crippen LogP contribution in [0.1, 0.15) is 52.9 Å². The molecule has 0 aromatic heterocycles. The highest BCUT2D eigenvalue weighted by atomic mass is 15.2. The fraction of sp³-hybridized carbons (Fsp3) is 0.938. The zero-order valence-corrected chi connectivity index (χ0v) is 12.8. The van der Waals surface area contributed by atoms with Crippen LogP contribution in [-0.2, 0) is 0 Å². The van der Waals surface area contributed by atoms with Crippen molar-refractivity contribution >= 4 is 0 Å². The second kappa shape index (κ2) is 6.24. The van der Waals surface area contributed by atoms with Crippen LogP contribution in [0.15, 0.2) is 0 Å². The number of nitriles is 1. The molecule has 0 amide bonds. The largest absolute Gasteiger partial charge is 0.298 e. The van der Waals surface area contributed by atoms with Crippen molar-refractivity contribution in [2.45, 2.75) is 64.5 Å². The Bertz CT molecular complexity index is 331. The molecule has 0 spiro atoms. The zero-order chi connectivity index (χ0) is 13.9. The molecule has 1 N–H and O–H groups in total. The van der Waals surface area contributed by atoms with Crippen LogP contribution in [-0.4, -0.2) is 36.1 Å². The third kappa shape index (κ3) is 3.49. The van der Waals surface area contributed by atoms with Gasteiger partial charge in [0.2, 0.25) is 0 Å². The van der Waals surface area contributed by atoms with Crippen LogP contribution in [0.3, 0.4) is 0 Å². The Kier molecular flexibility index (Phi) is 4.86. The molecule has 2 aliphatic rings. The van der Waals surface area contributed by atoms with E-state index in [4.69, 9.17) is 0 Å². The minimum Gasteiger partial charge on any atom is -0.298 e. The van der Waals surface area contributed by atoms with E-state index in [9.17, 15) is 5.26 Å². The first-order chi connectivity index (χ1) is 9.11. The standard InChI is InChI=1S/C16H29N3/c1-4-8-18-16(11-17,15-5-6-15)12-19-9-7-13(2)10-14(19)3/h13-15,18H,4-10,12H2,1-3H3. The molecular formula is C16H29N3. The molecule has 1 saturated heterocycles. The van der Waals surface area contributed by atoms with E-state index in [0.29, 0.717) is 12.0 Å². The molecule has 1 heterocycles. The van der Waals surface area contributed by atoms with Gasteiger partial charge in [-0.1, -0.05) is 13.8 Å². The van der Waals surface area contributed by atoms with Crippen LogP contribution < -0.4 is 5.32 Å². The number of nitrogens with one attached hydrogen (secondary N) is 1. The van der Waals surface area contributed by atoms with Gasteiger partial charge in [-0.15, -0.1) is 0 Å². The minimum atomic E-state index is -0.287. The molecule has 2 fully saturated rings. The summed E-state index contributed by atoms with van der Waals surface area (Å²) in [4.78, 5) is 2.55. The first-order valence-electron chi connectivity index (χ1n) is 8.01. The molecule has 2 rings (SSSR count). The van der Waals surface area contributed by atoms with E-state index in [0.717, 1.165) is 32.0 Å². The summed E-state index contributed by atoms with van der Waals surface area (Å²) in [5, 5.41) is 13.3. The third-order valence-corrected chi connectivity index (χ3v) is 4.89. The van der Waals surface area contributed by atoms with E-state index in [-0.39, 0.29) is 5.54 Å². The van der Waals surface area contributed by atoms with Crippen molar-refractivity contribution < 1.29 is 0 Å². The van der Waals surface area contributed by atoms with Gasteiger partial charge in [-0.3, -0.25) is 10.2 Å². The quantitative estimate of drug-likeness (QED) is 0.801. The van der Waals surface area contributed by atoms with Gasteiger partial charge in [0.25, 0.3) is 0 Å². The number of rotatable bonds is 6.